The number of nitrogens with zero attached hydrogens (tertiary/aromatic N) is 1. The van der Waals surface area contributed by atoms with E-state index in [-0.39, 0.29) is 42.9 Å². The maximum absolute atomic E-state index is 14.6. The highest BCUT2D eigenvalue weighted by molar-refractivity contribution is 7.18. The molecule has 2 heterocycles. The lowest BCUT2D eigenvalue weighted by molar-refractivity contribution is -0.125. The standard InChI is InChI=1S/C20H22ClFN4O4S/c1-2-23-14(10-24-20(29)16-5-6-17(21)31-16)19(28)25-12-3-4-15(13(22)9-12)26-7-8-30-11-18(26)27/h3-6,9,14,23H,2,7-8,10-11H2,1H3,(H,24,29)(H,25,28)/t14-/m1/s1. The fraction of sp³-hybridized carbons (Fsp3) is 0.350. The number of hydrogen-bond donors (Lipinski definition) is 3. The molecule has 3 rings (SSSR count). The van der Waals surface area contributed by atoms with Crippen LogP contribution in [0.4, 0.5) is 15.8 Å². The lowest BCUT2D eigenvalue weighted by Crippen LogP contribution is -2.48. The van der Waals surface area contributed by atoms with Gasteiger partial charge in [-0.25, -0.2) is 4.39 Å². The monoisotopic (exact) mass is 468 g/mol. The fourth-order valence-corrected chi connectivity index (χ4v) is 3.99. The predicted molar refractivity (Wildman–Crippen MR) is 117 cm³/mol. The maximum Gasteiger partial charge on any atom is 0.261 e. The Bertz CT molecular complexity index is 970. The van der Waals surface area contributed by atoms with Gasteiger partial charge < -0.3 is 25.6 Å². The van der Waals surface area contributed by atoms with Crippen LogP contribution in [-0.2, 0) is 14.3 Å². The van der Waals surface area contributed by atoms with Crippen LogP contribution < -0.4 is 20.9 Å². The molecule has 0 spiro atoms. The molecule has 1 aliphatic rings. The summed E-state index contributed by atoms with van der Waals surface area (Å²) in [5.74, 6) is -1.72. The van der Waals surface area contributed by atoms with Gasteiger partial charge in [0.15, 0.2) is 0 Å². The molecule has 1 aliphatic heterocycles. The van der Waals surface area contributed by atoms with Crippen LogP contribution in [0.25, 0.3) is 0 Å². The lowest BCUT2D eigenvalue weighted by atomic mass is 10.2. The zero-order valence-corrected chi connectivity index (χ0v) is 18.3. The van der Waals surface area contributed by atoms with Crippen LogP contribution in [0.3, 0.4) is 0 Å². The van der Waals surface area contributed by atoms with Crippen molar-refractivity contribution in [2.24, 2.45) is 0 Å². The Morgan fingerprint density at radius 3 is 2.77 bits per heavy atom. The summed E-state index contributed by atoms with van der Waals surface area (Å²) in [6.07, 6.45) is 0. The molecule has 0 bridgehead atoms. The number of morpholine rings is 1. The Morgan fingerprint density at radius 1 is 1.32 bits per heavy atom. The Hall–Kier alpha value is -2.53. The number of benzene rings is 1. The summed E-state index contributed by atoms with van der Waals surface area (Å²) in [6.45, 7) is 2.86. The van der Waals surface area contributed by atoms with E-state index in [2.05, 4.69) is 16.0 Å². The van der Waals surface area contributed by atoms with Gasteiger partial charge in [-0.05, 0) is 36.9 Å². The van der Waals surface area contributed by atoms with Gasteiger partial charge in [-0.1, -0.05) is 18.5 Å². The SMILES string of the molecule is CCN[C@H](CNC(=O)c1ccc(Cl)s1)C(=O)Nc1ccc(N2CCOCC2=O)c(F)c1. The molecule has 3 N–H and O–H groups in total. The molecule has 0 unspecified atom stereocenters. The van der Waals surface area contributed by atoms with Gasteiger partial charge in [0.1, 0.15) is 18.5 Å². The van der Waals surface area contributed by atoms with Crippen molar-refractivity contribution in [1.82, 2.24) is 10.6 Å². The highest BCUT2D eigenvalue weighted by atomic mass is 35.5. The van der Waals surface area contributed by atoms with Crippen LogP contribution in [-0.4, -0.2) is 56.6 Å². The number of likely N-dealkylation sites (N-methyl/N-ethyl adjacent to an activating group) is 1. The molecule has 3 amide bonds. The van der Waals surface area contributed by atoms with E-state index in [4.69, 9.17) is 16.3 Å². The van der Waals surface area contributed by atoms with Gasteiger partial charge in [-0.15, -0.1) is 11.3 Å². The van der Waals surface area contributed by atoms with Crippen LogP contribution in [0.15, 0.2) is 30.3 Å². The van der Waals surface area contributed by atoms with Crippen molar-refractivity contribution >= 4 is 52.0 Å². The summed E-state index contributed by atoms with van der Waals surface area (Å²) in [5, 5.41) is 8.32. The number of ether oxygens (including phenoxy) is 1. The van der Waals surface area contributed by atoms with Crippen molar-refractivity contribution in [3.8, 4) is 0 Å². The molecule has 31 heavy (non-hydrogen) atoms. The first kappa shape index (κ1) is 23.1. The third-order valence-corrected chi connectivity index (χ3v) is 5.75. The van der Waals surface area contributed by atoms with Gasteiger partial charge in [0.05, 0.1) is 21.5 Å². The molecule has 0 aliphatic carbocycles. The average Bonchev–Trinajstić information content (AvgIpc) is 3.18. The molecule has 0 radical (unpaired) electrons. The third-order valence-electron chi connectivity index (χ3n) is 4.52. The smallest absolute Gasteiger partial charge is 0.261 e. The summed E-state index contributed by atoms with van der Waals surface area (Å²) >= 11 is 6.98. The maximum atomic E-state index is 14.6. The zero-order chi connectivity index (χ0) is 22.4. The van der Waals surface area contributed by atoms with E-state index in [1.54, 1.807) is 12.1 Å². The Balaban J connectivity index is 1.62. The molecule has 2 aromatic rings. The second-order valence-corrected chi connectivity index (χ2v) is 8.39. The molecule has 166 valence electrons. The normalized spacial score (nSPS) is 14.9. The molecule has 8 nitrogen and oxygen atoms in total. The number of anilines is 2. The Morgan fingerprint density at radius 2 is 2.13 bits per heavy atom. The lowest BCUT2D eigenvalue weighted by Gasteiger charge is -2.27. The first-order chi connectivity index (χ1) is 14.9. The third kappa shape index (κ3) is 6.01. The molecule has 0 saturated carbocycles. The van der Waals surface area contributed by atoms with Crippen LogP contribution in [0.1, 0.15) is 16.6 Å². The molecule has 1 atom stereocenters. The molecule has 1 saturated heterocycles. The van der Waals surface area contributed by atoms with Crippen molar-refractivity contribution in [3.63, 3.8) is 0 Å². The summed E-state index contributed by atoms with van der Waals surface area (Å²) in [5.41, 5.74) is 0.377. The second-order valence-electron chi connectivity index (χ2n) is 6.68. The van der Waals surface area contributed by atoms with Crippen molar-refractivity contribution in [2.45, 2.75) is 13.0 Å². The number of rotatable bonds is 8. The fourth-order valence-electron chi connectivity index (χ4n) is 3.03. The number of amides is 3. The summed E-state index contributed by atoms with van der Waals surface area (Å²) in [4.78, 5) is 38.5. The van der Waals surface area contributed by atoms with E-state index < -0.39 is 17.8 Å². The molecule has 11 heteroatoms. The summed E-state index contributed by atoms with van der Waals surface area (Å²) < 4.78 is 20.1. The van der Waals surface area contributed by atoms with Gasteiger partial charge in [-0.2, -0.15) is 0 Å². The molecular formula is C20H22ClFN4O4S. The Labute approximate surface area is 187 Å². The molecule has 1 fully saturated rings. The van der Waals surface area contributed by atoms with E-state index in [0.717, 1.165) is 17.4 Å². The minimum atomic E-state index is -0.729. The average molecular weight is 469 g/mol. The first-order valence-electron chi connectivity index (χ1n) is 9.64. The molecular weight excluding hydrogens is 447 g/mol. The molecule has 1 aromatic carbocycles. The van der Waals surface area contributed by atoms with Crippen molar-refractivity contribution in [2.75, 3.05) is 43.1 Å². The highest BCUT2D eigenvalue weighted by Gasteiger charge is 2.24. The van der Waals surface area contributed by atoms with Crippen LogP contribution in [0.5, 0.6) is 0 Å². The minimum absolute atomic E-state index is 0.0386. The van der Waals surface area contributed by atoms with Crippen LogP contribution >= 0.6 is 22.9 Å². The topological polar surface area (TPSA) is 99.8 Å². The van der Waals surface area contributed by atoms with E-state index >= 15 is 0 Å². The number of hydrogen-bond acceptors (Lipinski definition) is 6. The van der Waals surface area contributed by atoms with Crippen molar-refractivity contribution < 1.29 is 23.5 Å². The van der Waals surface area contributed by atoms with Gasteiger partial charge in [0.25, 0.3) is 11.8 Å². The van der Waals surface area contributed by atoms with Gasteiger partial charge >= 0.3 is 0 Å². The number of thiophene rings is 1. The highest BCUT2D eigenvalue weighted by Crippen LogP contribution is 2.24. The minimum Gasteiger partial charge on any atom is -0.370 e. The Kier molecular flexibility index (Phi) is 7.97. The summed E-state index contributed by atoms with van der Waals surface area (Å²) in [6, 6.07) is 6.62. The van der Waals surface area contributed by atoms with Crippen LogP contribution in [0.2, 0.25) is 4.34 Å². The number of carbonyl (C=O) groups is 3. The van der Waals surface area contributed by atoms with Crippen LogP contribution in [0, 0.1) is 5.82 Å². The predicted octanol–water partition coefficient (Wildman–Crippen LogP) is 2.25. The summed E-state index contributed by atoms with van der Waals surface area (Å²) in [7, 11) is 0. The van der Waals surface area contributed by atoms with Crippen molar-refractivity contribution in [1.29, 1.82) is 0 Å². The second kappa shape index (κ2) is 10.7. The zero-order valence-electron chi connectivity index (χ0n) is 16.7. The van der Waals surface area contributed by atoms with Gasteiger partial charge in [0, 0.05) is 18.8 Å². The van der Waals surface area contributed by atoms with E-state index in [9.17, 15) is 18.8 Å². The van der Waals surface area contributed by atoms with E-state index in [1.165, 1.54) is 17.0 Å². The molecule has 1 aromatic heterocycles. The number of halogens is 2. The van der Waals surface area contributed by atoms with E-state index in [1.807, 2.05) is 6.92 Å². The largest absolute Gasteiger partial charge is 0.370 e. The van der Waals surface area contributed by atoms with E-state index in [0.29, 0.717) is 22.4 Å². The number of nitrogens with one attached hydrogen (secondary N) is 3. The number of carbonyl (C=O) groups excluding carboxylic acids is 3. The van der Waals surface area contributed by atoms with Gasteiger partial charge in [-0.3, -0.25) is 14.4 Å². The van der Waals surface area contributed by atoms with Crippen molar-refractivity contribution in [3.05, 3.63) is 45.4 Å². The van der Waals surface area contributed by atoms with Gasteiger partial charge in [0.2, 0.25) is 5.91 Å². The quantitative estimate of drug-likeness (QED) is 0.552. The first-order valence-corrected chi connectivity index (χ1v) is 10.8.